The number of nitrogens with zero attached hydrogens (tertiary/aromatic N) is 3. The minimum absolute atomic E-state index is 0.229. The lowest BCUT2D eigenvalue weighted by Gasteiger charge is -2.11. The van der Waals surface area contributed by atoms with Gasteiger partial charge in [0.1, 0.15) is 12.1 Å². The Kier molecular flexibility index (Phi) is 5.77. The molecule has 0 saturated heterocycles. The molecule has 0 aliphatic carbocycles. The molecule has 1 heterocycles. The average molecular weight is 339 g/mol. The van der Waals surface area contributed by atoms with Crippen molar-refractivity contribution in [1.82, 2.24) is 14.8 Å². The van der Waals surface area contributed by atoms with Gasteiger partial charge in [0.25, 0.3) is 0 Å². The van der Waals surface area contributed by atoms with Crippen LogP contribution >= 0.6 is 0 Å². The quantitative estimate of drug-likeness (QED) is 0.683. The Hall–Kier alpha value is -2.70. The molecule has 3 rings (SSSR count). The second-order valence-corrected chi connectivity index (χ2v) is 5.67. The normalized spacial score (nSPS) is 12.1. The number of methoxy groups -OCH3 is 1. The summed E-state index contributed by atoms with van der Waals surface area (Å²) in [6, 6.07) is 17.4. The first kappa shape index (κ1) is 17.1. The Morgan fingerprint density at radius 1 is 1.08 bits per heavy atom. The van der Waals surface area contributed by atoms with Gasteiger partial charge < -0.3 is 14.6 Å². The summed E-state index contributed by atoms with van der Waals surface area (Å²) in [5.41, 5.74) is 1.98. The number of aromatic nitrogens is 3. The molecular formula is C19H21N3O3. The molecule has 2 aromatic carbocycles. The SMILES string of the molecule is COc1ccc(COCC(O)Cn2cnc(-c3ccccc3)n2)cc1. The highest BCUT2D eigenvalue weighted by atomic mass is 16.5. The number of aliphatic hydroxyl groups is 1. The third-order valence-electron chi connectivity index (χ3n) is 3.70. The Bertz CT molecular complexity index is 772. The molecule has 25 heavy (non-hydrogen) atoms. The molecule has 0 spiro atoms. The number of ether oxygens (including phenoxy) is 2. The van der Waals surface area contributed by atoms with Crippen LogP contribution in [0.2, 0.25) is 0 Å². The highest BCUT2D eigenvalue weighted by Gasteiger charge is 2.09. The minimum Gasteiger partial charge on any atom is -0.497 e. The molecule has 6 nitrogen and oxygen atoms in total. The van der Waals surface area contributed by atoms with E-state index in [1.165, 1.54) is 0 Å². The molecule has 6 heteroatoms. The predicted molar refractivity (Wildman–Crippen MR) is 94.1 cm³/mol. The van der Waals surface area contributed by atoms with Crippen molar-refractivity contribution >= 4 is 0 Å². The third kappa shape index (κ3) is 4.89. The average Bonchev–Trinajstić information content (AvgIpc) is 3.11. The molecule has 1 N–H and O–H groups in total. The van der Waals surface area contributed by atoms with Crippen molar-refractivity contribution in [2.24, 2.45) is 0 Å². The maximum Gasteiger partial charge on any atom is 0.181 e. The molecule has 0 amide bonds. The molecule has 130 valence electrons. The molecular weight excluding hydrogens is 318 g/mol. The Morgan fingerprint density at radius 2 is 1.84 bits per heavy atom. The van der Waals surface area contributed by atoms with Crippen molar-refractivity contribution in [2.45, 2.75) is 19.3 Å². The van der Waals surface area contributed by atoms with Crippen molar-refractivity contribution in [2.75, 3.05) is 13.7 Å². The fourth-order valence-corrected chi connectivity index (χ4v) is 2.41. The first-order chi connectivity index (χ1) is 12.2. The second kappa shape index (κ2) is 8.41. The molecule has 0 aliphatic heterocycles. The molecule has 1 aromatic heterocycles. The standard InChI is InChI=1S/C19H21N3O3/c1-24-18-9-7-15(8-10-18)12-25-13-17(23)11-22-14-20-19(21-22)16-5-3-2-4-6-16/h2-10,14,17,23H,11-13H2,1H3. The fourth-order valence-electron chi connectivity index (χ4n) is 2.41. The number of aliphatic hydroxyl groups excluding tert-OH is 1. The third-order valence-corrected chi connectivity index (χ3v) is 3.70. The molecule has 1 atom stereocenters. The van der Waals surface area contributed by atoms with Gasteiger partial charge in [-0.05, 0) is 17.7 Å². The van der Waals surface area contributed by atoms with Gasteiger partial charge in [-0.15, -0.1) is 0 Å². The van der Waals surface area contributed by atoms with Gasteiger partial charge in [-0.1, -0.05) is 42.5 Å². The Labute approximate surface area is 146 Å². The first-order valence-electron chi connectivity index (χ1n) is 8.08. The van der Waals surface area contributed by atoms with Gasteiger partial charge in [-0.2, -0.15) is 5.10 Å². The van der Waals surface area contributed by atoms with Crippen molar-refractivity contribution in [3.05, 3.63) is 66.5 Å². The van der Waals surface area contributed by atoms with E-state index in [0.29, 0.717) is 19.0 Å². The highest BCUT2D eigenvalue weighted by molar-refractivity contribution is 5.53. The van der Waals surface area contributed by atoms with Crippen LogP contribution in [0.4, 0.5) is 0 Å². The van der Waals surface area contributed by atoms with Gasteiger partial charge in [-0.25, -0.2) is 9.67 Å². The van der Waals surface area contributed by atoms with Crippen LogP contribution in [-0.2, 0) is 17.9 Å². The van der Waals surface area contributed by atoms with Gasteiger partial charge >= 0.3 is 0 Å². The topological polar surface area (TPSA) is 69.4 Å². The number of benzene rings is 2. The summed E-state index contributed by atoms with van der Waals surface area (Å²) < 4.78 is 12.3. The lowest BCUT2D eigenvalue weighted by Crippen LogP contribution is -2.22. The van der Waals surface area contributed by atoms with Crippen molar-refractivity contribution in [3.63, 3.8) is 0 Å². The van der Waals surface area contributed by atoms with Crippen molar-refractivity contribution < 1.29 is 14.6 Å². The van der Waals surface area contributed by atoms with Crippen LogP contribution in [0.25, 0.3) is 11.4 Å². The van der Waals surface area contributed by atoms with Gasteiger partial charge in [-0.3, -0.25) is 0 Å². The largest absolute Gasteiger partial charge is 0.497 e. The summed E-state index contributed by atoms with van der Waals surface area (Å²) in [4.78, 5) is 4.27. The molecule has 0 fully saturated rings. The maximum atomic E-state index is 10.1. The number of hydrogen-bond acceptors (Lipinski definition) is 5. The van der Waals surface area contributed by atoms with Crippen LogP contribution in [0.1, 0.15) is 5.56 Å². The Balaban J connectivity index is 1.46. The highest BCUT2D eigenvalue weighted by Crippen LogP contribution is 2.13. The van der Waals surface area contributed by atoms with Crippen molar-refractivity contribution in [3.8, 4) is 17.1 Å². The fraction of sp³-hybridized carbons (Fsp3) is 0.263. The molecule has 3 aromatic rings. The van der Waals surface area contributed by atoms with Gasteiger partial charge in [0.05, 0.1) is 33.0 Å². The van der Waals surface area contributed by atoms with Crippen LogP contribution in [0.15, 0.2) is 60.9 Å². The van der Waals surface area contributed by atoms with E-state index >= 15 is 0 Å². The van der Waals surface area contributed by atoms with E-state index in [4.69, 9.17) is 9.47 Å². The minimum atomic E-state index is -0.649. The maximum absolute atomic E-state index is 10.1. The summed E-state index contributed by atoms with van der Waals surface area (Å²) in [7, 11) is 1.63. The molecule has 0 bridgehead atoms. The zero-order valence-electron chi connectivity index (χ0n) is 14.1. The van der Waals surface area contributed by atoms with Crippen LogP contribution < -0.4 is 4.74 Å². The summed E-state index contributed by atoms with van der Waals surface area (Å²) in [6.07, 6.45) is 0.971. The monoisotopic (exact) mass is 339 g/mol. The van der Waals surface area contributed by atoms with Crippen LogP contribution in [0, 0.1) is 0 Å². The van der Waals surface area contributed by atoms with Crippen LogP contribution in [0.3, 0.4) is 0 Å². The van der Waals surface area contributed by atoms with Crippen LogP contribution in [-0.4, -0.2) is 39.7 Å². The zero-order chi connectivity index (χ0) is 17.5. The van der Waals surface area contributed by atoms with Gasteiger partial charge in [0.15, 0.2) is 5.82 Å². The summed E-state index contributed by atoms with van der Waals surface area (Å²) in [5, 5.41) is 14.5. The summed E-state index contributed by atoms with van der Waals surface area (Å²) in [5.74, 6) is 1.45. The van der Waals surface area contributed by atoms with Crippen molar-refractivity contribution in [1.29, 1.82) is 0 Å². The molecule has 1 unspecified atom stereocenters. The van der Waals surface area contributed by atoms with E-state index < -0.39 is 6.10 Å². The number of hydrogen-bond donors (Lipinski definition) is 1. The zero-order valence-corrected chi connectivity index (χ0v) is 14.1. The van der Waals surface area contributed by atoms with E-state index in [-0.39, 0.29) is 6.61 Å². The molecule has 0 radical (unpaired) electrons. The lowest BCUT2D eigenvalue weighted by molar-refractivity contribution is 0.0187. The van der Waals surface area contributed by atoms with E-state index in [2.05, 4.69) is 10.1 Å². The summed E-state index contributed by atoms with van der Waals surface area (Å²) >= 11 is 0. The predicted octanol–water partition coefficient (Wildman–Crippen LogP) is 2.53. The van der Waals surface area contributed by atoms with E-state index in [9.17, 15) is 5.11 Å². The van der Waals surface area contributed by atoms with Gasteiger partial charge in [0.2, 0.25) is 0 Å². The first-order valence-corrected chi connectivity index (χ1v) is 8.08. The van der Waals surface area contributed by atoms with E-state index in [1.54, 1.807) is 18.1 Å². The van der Waals surface area contributed by atoms with E-state index in [1.807, 2.05) is 54.6 Å². The molecule has 0 aliphatic rings. The van der Waals surface area contributed by atoms with E-state index in [0.717, 1.165) is 16.9 Å². The van der Waals surface area contributed by atoms with Gasteiger partial charge in [0, 0.05) is 5.56 Å². The Morgan fingerprint density at radius 3 is 2.56 bits per heavy atom. The van der Waals surface area contributed by atoms with Crippen LogP contribution in [0.5, 0.6) is 5.75 Å². The lowest BCUT2D eigenvalue weighted by atomic mass is 10.2. The summed E-state index contributed by atoms with van der Waals surface area (Å²) in [6.45, 7) is 1.00. The second-order valence-electron chi connectivity index (χ2n) is 5.67. The number of rotatable bonds is 8. The molecule has 0 saturated carbocycles. The smallest absolute Gasteiger partial charge is 0.181 e.